The average molecular weight is 427 g/mol. The summed E-state index contributed by atoms with van der Waals surface area (Å²) in [6.07, 6.45) is 9.15. The minimum absolute atomic E-state index is 0.146. The lowest BCUT2D eigenvalue weighted by molar-refractivity contribution is -0.123. The van der Waals surface area contributed by atoms with Crippen LogP contribution in [0.2, 0.25) is 0 Å². The number of terminal acetylenes is 1. The first-order valence-electron chi connectivity index (χ1n) is 8.13. The predicted molar refractivity (Wildman–Crippen MR) is 110 cm³/mol. The number of amides is 1. The highest BCUT2D eigenvalue weighted by atomic mass is 79.9. The van der Waals surface area contributed by atoms with Crippen LogP contribution in [0.1, 0.15) is 11.1 Å². The molecule has 0 aliphatic rings. The maximum Gasteiger partial charge on any atom is 0.277 e. The van der Waals surface area contributed by atoms with E-state index in [0.29, 0.717) is 23.5 Å². The summed E-state index contributed by atoms with van der Waals surface area (Å²) in [4.78, 5) is 12.0. The molecule has 2 rings (SSSR count). The highest BCUT2D eigenvalue weighted by Gasteiger charge is 2.06. The van der Waals surface area contributed by atoms with E-state index in [1.165, 1.54) is 6.21 Å². The van der Waals surface area contributed by atoms with E-state index in [9.17, 15) is 4.79 Å². The summed E-state index contributed by atoms with van der Waals surface area (Å²) >= 11 is 3.38. The molecule has 0 unspecified atom stereocenters. The number of para-hydroxylation sites is 1. The molecule has 0 aliphatic heterocycles. The molecule has 0 saturated heterocycles. The third kappa shape index (κ3) is 6.65. The molecule has 2 aromatic carbocycles. The number of nitrogens with one attached hydrogen (secondary N) is 1. The van der Waals surface area contributed by atoms with Crippen molar-refractivity contribution in [2.45, 2.75) is 6.42 Å². The van der Waals surface area contributed by atoms with Crippen LogP contribution in [0.15, 0.2) is 64.7 Å². The van der Waals surface area contributed by atoms with Crippen molar-refractivity contribution >= 4 is 28.1 Å². The molecular weight excluding hydrogens is 408 g/mol. The Morgan fingerprint density at radius 2 is 2.07 bits per heavy atom. The van der Waals surface area contributed by atoms with Gasteiger partial charge in [0, 0.05) is 10.0 Å². The molecule has 0 fully saturated rings. The summed E-state index contributed by atoms with van der Waals surface area (Å²) in [7, 11) is 0. The molecule has 138 valence electrons. The van der Waals surface area contributed by atoms with Gasteiger partial charge in [0.25, 0.3) is 5.91 Å². The number of hydrogen-bond acceptors (Lipinski definition) is 4. The number of halogens is 1. The van der Waals surface area contributed by atoms with Gasteiger partial charge >= 0.3 is 0 Å². The van der Waals surface area contributed by atoms with Gasteiger partial charge in [-0.05, 0) is 36.2 Å². The van der Waals surface area contributed by atoms with Gasteiger partial charge in [0.1, 0.15) is 18.1 Å². The van der Waals surface area contributed by atoms with Crippen molar-refractivity contribution in [1.29, 1.82) is 0 Å². The van der Waals surface area contributed by atoms with Gasteiger partial charge in [-0.3, -0.25) is 4.79 Å². The number of hydrogen-bond donors (Lipinski definition) is 1. The van der Waals surface area contributed by atoms with Gasteiger partial charge in [0.05, 0.1) is 6.21 Å². The molecule has 2 aromatic rings. The molecule has 0 aromatic heterocycles. The molecule has 0 atom stereocenters. The zero-order valence-corrected chi connectivity index (χ0v) is 16.2. The second-order valence-corrected chi connectivity index (χ2v) is 6.27. The quantitative estimate of drug-likeness (QED) is 0.287. The average Bonchev–Trinajstić information content (AvgIpc) is 2.67. The van der Waals surface area contributed by atoms with Crippen molar-refractivity contribution < 1.29 is 14.3 Å². The maximum atomic E-state index is 12.0. The third-order valence-corrected chi connectivity index (χ3v) is 3.86. The minimum Gasteiger partial charge on any atom is -0.483 e. The number of benzene rings is 2. The van der Waals surface area contributed by atoms with Gasteiger partial charge in [-0.1, -0.05) is 46.1 Å². The number of ether oxygens (including phenoxy) is 2. The van der Waals surface area contributed by atoms with E-state index in [1.54, 1.807) is 12.1 Å². The smallest absolute Gasteiger partial charge is 0.277 e. The van der Waals surface area contributed by atoms with Crippen molar-refractivity contribution in [1.82, 2.24) is 5.43 Å². The normalized spacial score (nSPS) is 10.2. The lowest BCUT2D eigenvalue weighted by atomic mass is 10.1. The number of carbonyl (C=O) groups excluding carboxylic acids is 1. The first-order valence-corrected chi connectivity index (χ1v) is 8.92. The zero-order valence-electron chi connectivity index (χ0n) is 14.7. The Kier molecular flexibility index (Phi) is 8.14. The first-order chi connectivity index (χ1) is 13.1. The fourth-order valence-corrected chi connectivity index (χ4v) is 2.57. The van der Waals surface area contributed by atoms with Crippen LogP contribution in [0.25, 0.3) is 0 Å². The Hall–Kier alpha value is -3.04. The van der Waals surface area contributed by atoms with Crippen LogP contribution < -0.4 is 14.9 Å². The van der Waals surface area contributed by atoms with Crippen LogP contribution >= 0.6 is 15.9 Å². The molecule has 5 nitrogen and oxygen atoms in total. The summed E-state index contributed by atoms with van der Waals surface area (Å²) in [5.41, 5.74) is 4.07. The zero-order chi connectivity index (χ0) is 19.5. The molecule has 0 heterocycles. The Labute approximate surface area is 167 Å². The third-order valence-electron chi connectivity index (χ3n) is 3.37. The van der Waals surface area contributed by atoms with Gasteiger partial charge in [-0.2, -0.15) is 5.10 Å². The van der Waals surface area contributed by atoms with Crippen LogP contribution in [-0.4, -0.2) is 25.3 Å². The van der Waals surface area contributed by atoms with Crippen molar-refractivity contribution in [3.8, 4) is 23.8 Å². The molecule has 0 bridgehead atoms. The Morgan fingerprint density at radius 1 is 1.26 bits per heavy atom. The second kappa shape index (κ2) is 10.8. The van der Waals surface area contributed by atoms with E-state index < -0.39 is 0 Å². The Bertz CT molecular complexity index is 872. The van der Waals surface area contributed by atoms with Gasteiger partial charge in [-0.25, -0.2) is 5.43 Å². The predicted octanol–water partition coefficient (Wildman–Crippen LogP) is 3.72. The molecular formula is C21H19BrN2O3. The standard InChI is InChI=1S/C21H19BrN2O3/c1-3-7-16-8-5-6-9-19(16)27-15-21(25)24-23-14-17-13-18(22)10-11-20(17)26-12-4-2/h2-3,5-6,8-11,13-14H,1,7,12,15H2,(H,24,25). The maximum absolute atomic E-state index is 12.0. The number of allylic oxidation sites excluding steroid dienone is 1. The topological polar surface area (TPSA) is 59.9 Å². The van der Waals surface area contributed by atoms with E-state index in [-0.39, 0.29) is 19.1 Å². The molecule has 27 heavy (non-hydrogen) atoms. The van der Waals surface area contributed by atoms with E-state index in [1.807, 2.05) is 36.4 Å². The van der Waals surface area contributed by atoms with Gasteiger partial charge in [0.15, 0.2) is 6.61 Å². The Balaban J connectivity index is 1.93. The molecule has 0 spiro atoms. The molecule has 0 radical (unpaired) electrons. The van der Waals surface area contributed by atoms with Crippen molar-refractivity contribution in [2.24, 2.45) is 5.10 Å². The summed E-state index contributed by atoms with van der Waals surface area (Å²) < 4.78 is 11.9. The molecule has 1 N–H and O–H groups in total. The highest BCUT2D eigenvalue weighted by molar-refractivity contribution is 9.10. The number of carbonyl (C=O) groups is 1. The number of rotatable bonds is 9. The van der Waals surface area contributed by atoms with E-state index in [2.05, 4.69) is 39.0 Å². The highest BCUT2D eigenvalue weighted by Crippen LogP contribution is 2.22. The number of hydrazone groups is 1. The Morgan fingerprint density at radius 3 is 2.85 bits per heavy atom. The van der Waals surface area contributed by atoms with Crippen LogP contribution in [-0.2, 0) is 11.2 Å². The molecule has 6 heteroatoms. The van der Waals surface area contributed by atoms with Gasteiger partial charge in [-0.15, -0.1) is 13.0 Å². The number of nitrogens with zero attached hydrogens (tertiary/aromatic N) is 1. The van der Waals surface area contributed by atoms with E-state index >= 15 is 0 Å². The fourth-order valence-electron chi connectivity index (χ4n) is 2.19. The van der Waals surface area contributed by atoms with Crippen LogP contribution in [0.5, 0.6) is 11.5 Å². The second-order valence-electron chi connectivity index (χ2n) is 5.36. The van der Waals surface area contributed by atoms with Crippen LogP contribution in [0.4, 0.5) is 0 Å². The van der Waals surface area contributed by atoms with Gasteiger partial charge in [0.2, 0.25) is 0 Å². The molecule has 0 aliphatic carbocycles. The lowest BCUT2D eigenvalue weighted by Crippen LogP contribution is -2.24. The molecule has 0 saturated carbocycles. The van der Waals surface area contributed by atoms with Crippen molar-refractivity contribution in [3.05, 3.63) is 70.7 Å². The fraction of sp³-hybridized carbons (Fsp3) is 0.143. The SMILES string of the molecule is C#CCOc1ccc(Br)cc1C=NNC(=O)COc1ccccc1CC=C. The van der Waals surface area contributed by atoms with Crippen molar-refractivity contribution in [2.75, 3.05) is 13.2 Å². The lowest BCUT2D eigenvalue weighted by Gasteiger charge is -2.09. The molecule has 1 amide bonds. The van der Waals surface area contributed by atoms with E-state index in [0.717, 1.165) is 10.0 Å². The largest absolute Gasteiger partial charge is 0.483 e. The van der Waals surface area contributed by atoms with Crippen molar-refractivity contribution in [3.63, 3.8) is 0 Å². The summed E-state index contributed by atoms with van der Waals surface area (Å²) in [6.45, 7) is 3.71. The van der Waals surface area contributed by atoms with E-state index in [4.69, 9.17) is 15.9 Å². The monoisotopic (exact) mass is 426 g/mol. The van der Waals surface area contributed by atoms with Crippen LogP contribution in [0, 0.1) is 12.3 Å². The first kappa shape index (κ1) is 20.3. The summed E-state index contributed by atoms with van der Waals surface area (Å²) in [5, 5.41) is 3.95. The minimum atomic E-state index is -0.374. The summed E-state index contributed by atoms with van der Waals surface area (Å²) in [5.74, 6) is 3.25. The van der Waals surface area contributed by atoms with Crippen LogP contribution in [0.3, 0.4) is 0 Å². The summed E-state index contributed by atoms with van der Waals surface area (Å²) in [6, 6.07) is 12.9. The van der Waals surface area contributed by atoms with Gasteiger partial charge < -0.3 is 9.47 Å².